The van der Waals surface area contributed by atoms with Crippen LogP contribution in [0.25, 0.3) is 6.08 Å². The molecule has 0 radical (unpaired) electrons. The molecule has 2 amide bonds. The lowest BCUT2D eigenvalue weighted by molar-refractivity contribution is -0.111. The fourth-order valence-corrected chi connectivity index (χ4v) is 3.32. The molecule has 6 heteroatoms. The van der Waals surface area contributed by atoms with Gasteiger partial charge in [-0.15, -0.1) is 0 Å². The van der Waals surface area contributed by atoms with Crippen molar-refractivity contribution < 1.29 is 19.1 Å². The van der Waals surface area contributed by atoms with Crippen LogP contribution in [-0.2, 0) is 10.2 Å². The summed E-state index contributed by atoms with van der Waals surface area (Å²) in [5.41, 5.74) is 3.59. The molecule has 3 aromatic carbocycles. The number of hydrogen-bond acceptors (Lipinski definition) is 4. The number of hydrogen-bond donors (Lipinski definition) is 2. The molecule has 0 aromatic heterocycles. The number of carbonyl (C=O) groups excluding carboxylic acids is 2. The van der Waals surface area contributed by atoms with Crippen molar-refractivity contribution in [2.24, 2.45) is 0 Å². The maximum Gasteiger partial charge on any atom is 0.255 e. The second-order valence-electron chi connectivity index (χ2n) is 8.77. The van der Waals surface area contributed by atoms with Gasteiger partial charge >= 0.3 is 0 Å². The predicted octanol–water partition coefficient (Wildman–Crippen LogP) is 5.91. The molecular weight excluding hydrogens is 428 g/mol. The first kappa shape index (κ1) is 24.6. The fraction of sp³-hybridized carbons (Fsp3) is 0.214. The van der Waals surface area contributed by atoms with Gasteiger partial charge in [-0.2, -0.15) is 0 Å². The molecule has 6 nitrogen and oxygen atoms in total. The van der Waals surface area contributed by atoms with Crippen LogP contribution in [0.1, 0.15) is 42.3 Å². The standard InChI is InChI=1S/C28H30N2O4/c1-28(2,3)21-14-11-19(12-15-21)13-16-26(31)29-22-17-25(34-5)23(18-24(22)33-4)30-27(32)20-9-7-6-8-10-20/h6-18H,1-5H3,(H,29,31)(H,30,32)/b16-13+. The molecule has 0 aliphatic carbocycles. The molecule has 0 bridgehead atoms. The number of anilines is 2. The Morgan fingerprint density at radius 2 is 1.35 bits per heavy atom. The van der Waals surface area contributed by atoms with Crippen molar-refractivity contribution in [2.45, 2.75) is 26.2 Å². The fourth-order valence-electron chi connectivity index (χ4n) is 3.32. The summed E-state index contributed by atoms with van der Waals surface area (Å²) < 4.78 is 10.9. The Kier molecular flexibility index (Phi) is 7.74. The molecule has 0 heterocycles. The highest BCUT2D eigenvalue weighted by Crippen LogP contribution is 2.36. The number of rotatable bonds is 7. The smallest absolute Gasteiger partial charge is 0.255 e. The highest BCUT2D eigenvalue weighted by Gasteiger charge is 2.16. The second kappa shape index (κ2) is 10.7. The van der Waals surface area contributed by atoms with E-state index in [1.807, 2.05) is 18.2 Å². The van der Waals surface area contributed by atoms with Crippen LogP contribution in [0, 0.1) is 0 Å². The topological polar surface area (TPSA) is 76.7 Å². The molecule has 176 valence electrons. The highest BCUT2D eigenvalue weighted by molar-refractivity contribution is 6.06. The van der Waals surface area contributed by atoms with E-state index in [1.54, 1.807) is 42.5 Å². The van der Waals surface area contributed by atoms with Crippen molar-refractivity contribution in [3.05, 3.63) is 89.5 Å². The minimum Gasteiger partial charge on any atom is -0.494 e. The number of amides is 2. The van der Waals surface area contributed by atoms with E-state index in [9.17, 15) is 9.59 Å². The van der Waals surface area contributed by atoms with Gasteiger partial charge in [0, 0.05) is 23.8 Å². The zero-order valence-electron chi connectivity index (χ0n) is 20.1. The molecule has 0 fully saturated rings. The first-order chi connectivity index (χ1) is 16.2. The first-order valence-corrected chi connectivity index (χ1v) is 10.9. The molecule has 0 aliphatic rings. The minimum absolute atomic E-state index is 0.0714. The second-order valence-corrected chi connectivity index (χ2v) is 8.77. The van der Waals surface area contributed by atoms with Gasteiger partial charge in [-0.1, -0.05) is 63.2 Å². The molecule has 0 spiro atoms. The molecule has 2 N–H and O–H groups in total. The molecule has 0 saturated heterocycles. The van der Waals surface area contributed by atoms with Crippen molar-refractivity contribution >= 4 is 29.3 Å². The van der Waals surface area contributed by atoms with Gasteiger partial charge < -0.3 is 20.1 Å². The summed E-state index contributed by atoms with van der Waals surface area (Å²) in [5.74, 6) is 0.182. The van der Waals surface area contributed by atoms with Crippen molar-refractivity contribution in [2.75, 3.05) is 24.9 Å². The molecule has 34 heavy (non-hydrogen) atoms. The van der Waals surface area contributed by atoms with Crippen molar-refractivity contribution in [3.63, 3.8) is 0 Å². The average Bonchev–Trinajstić information content (AvgIpc) is 2.83. The summed E-state index contributed by atoms with van der Waals surface area (Å²) in [6.45, 7) is 6.47. The molecular formula is C28H30N2O4. The number of carbonyl (C=O) groups is 2. The number of nitrogens with one attached hydrogen (secondary N) is 2. The molecule has 0 unspecified atom stereocenters. The summed E-state index contributed by atoms with van der Waals surface area (Å²) in [5, 5.41) is 5.63. The lowest BCUT2D eigenvalue weighted by atomic mass is 9.87. The van der Waals surface area contributed by atoms with Crippen molar-refractivity contribution in [1.82, 2.24) is 0 Å². The number of ether oxygens (including phenoxy) is 2. The summed E-state index contributed by atoms with van der Waals surface area (Å²) in [6, 6.07) is 20.2. The Balaban J connectivity index is 1.75. The van der Waals surface area contributed by atoms with Gasteiger partial charge in [-0.3, -0.25) is 9.59 Å². The van der Waals surface area contributed by atoms with Crippen LogP contribution in [0.2, 0.25) is 0 Å². The SMILES string of the molecule is COc1cc(NC(=O)c2ccccc2)c(OC)cc1NC(=O)/C=C/c1ccc(C(C)(C)C)cc1. The third-order valence-electron chi connectivity index (χ3n) is 5.27. The molecule has 0 aliphatic heterocycles. The summed E-state index contributed by atoms with van der Waals surface area (Å²) in [7, 11) is 2.99. The number of benzene rings is 3. The molecule has 3 rings (SSSR count). The van der Waals surface area contributed by atoms with E-state index in [1.165, 1.54) is 25.9 Å². The quantitative estimate of drug-likeness (QED) is 0.432. The van der Waals surface area contributed by atoms with E-state index in [0.717, 1.165) is 5.56 Å². The van der Waals surface area contributed by atoms with Crippen LogP contribution in [0.3, 0.4) is 0 Å². The Morgan fingerprint density at radius 3 is 1.88 bits per heavy atom. The molecule has 0 saturated carbocycles. The molecule has 0 atom stereocenters. The maximum absolute atomic E-state index is 12.6. The van der Waals surface area contributed by atoms with Crippen LogP contribution in [-0.4, -0.2) is 26.0 Å². The Labute approximate surface area is 200 Å². The van der Waals surface area contributed by atoms with Gasteiger partial charge in [0.15, 0.2) is 0 Å². The van der Waals surface area contributed by atoms with Gasteiger partial charge in [-0.05, 0) is 34.8 Å². The van der Waals surface area contributed by atoms with E-state index in [4.69, 9.17) is 9.47 Å². The van der Waals surface area contributed by atoms with E-state index in [2.05, 4.69) is 43.5 Å². The van der Waals surface area contributed by atoms with Gasteiger partial charge in [0.2, 0.25) is 5.91 Å². The van der Waals surface area contributed by atoms with E-state index < -0.39 is 0 Å². The van der Waals surface area contributed by atoms with Crippen LogP contribution >= 0.6 is 0 Å². The van der Waals surface area contributed by atoms with E-state index in [-0.39, 0.29) is 17.2 Å². The largest absolute Gasteiger partial charge is 0.494 e. The Bertz CT molecular complexity index is 1180. The van der Waals surface area contributed by atoms with E-state index in [0.29, 0.717) is 28.4 Å². The minimum atomic E-state index is -0.318. The van der Waals surface area contributed by atoms with Gasteiger partial charge in [0.05, 0.1) is 25.6 Å². The summed E-state index contributed by atoms with van der Waals surface area (Å²) in [6.07, 6.45) is 3.21. The lowest BCUT2D eigenvalue weighted by Gasteiger charge is -2.18. The normalized spacial score (nSPS) is 11.2. The zero-order chi connectivity index (χ0) is 24.7. The number of methoxy groups -OCH3 is 2. The van der Waals surface area contributed by atoms with E-state index >= 15 is 0 Å². The third kappa shape index (κ3) is 6.25. The van der Waals surface area contributed by atoms with Crippen LogP contribution in [0.4, 0.5) is 11.4 Å². The first-order valence-electron chi connectivity index (χ1n) is 10.9. The summed E-state index contributed by atoms with van der Waals surface area (Å²) >= 11 is 0. The third-order valence-corrected chi connectivity index (χ3v) is 5.27. The van der Waals surface area contributed by atoms with Gasteiger partial charge in [0.1, 0.15) is 11.5 Å². The Hall–Kier alpha value is -4.06. The van der Waals surface area contributed by atoms with Crippen LogP contribution in [0.15, 0.2) is 72.8 Å². The zero-order valence-corrected chi connectivity index (χ0v) is 20.1. The van der Waals surface area contributed by atoms with Crippen molar-refractivity contribution in [3.8, 4) is 11.5 Å². The molecule has 3 aromatic rings. The van der Waals surface area contributed by atoms with Gasteiger partial charge in [0.25, 0.3) is 5.91 Å². The average molecular weight is 459 g/mol. The maximum atomic E-state index is 12.6. The summed E-state index contributed by atoms with van der Waals surface area (Å²) in [4.78, 5) is 25.1. The monoisotopic (exact) mass is 458 g/mol. The van der Waals surface area contributed by atoms with Gasteiger partial charge in [-0.25, -0.2) is 0 Å². The Morgan fingerprint density at radius 1 is 0.794 bits per heavy atom. The van der Waals surface area contributed by atoms with Crippen molar-refractivity contribution in [1.29, 1.82) is 0 Å². The predicted molar refractivity (Wildman–Crippen MR) is 137 cm³/mol. The van der Waals surface area contributed by atoms with Crippen LogP contribution < -0.4 is 20.1 Å². The van der Waals surface area contributed by atoms with Crippen LogP contribution in [0.5, 0.6) is 11.5 Å². The lowest BCUT2D eigenvalue weighted by Crippen LogP contribution is -2.14. The highest BCUT2D eigenvalue weighted by atomic mass is 16.5.